The third-order valence-corrected chi connectivity index (χ3v) is 5.45. The van der Waals surface area contributed by atoms with Gasteiger partial charge < -0.3 is 9.73 Å². The van der Waals surface area contributed by atoms with Crippen molar-refractivity contribution in [3.8, 4) is 0 Å². The number of benzene rings is 1. The van der Waals surface area contributed by atoms with Crippen LogP contribution in [0.15, 0.2) is 45.9 Å². The van der Waals surface area contributed by atoms with Crippen molar-refractivity contribution in [2.24, 2.45) is 0 Å². The Labute approximate surface area is 141 Å². The fourth-order valence-corrected chi connectivity index (χ4v) is 4.13. The maximum absolute atomic E-state index is 12.5. The monoisotopic (exact) mass is 330 g/mol. The van der Waals surface area contributed by atoms with Gasteiger partial charge in [-0.25, -0.2) is 0 Å². The Morgan fingerprint density at radius 3 is 2.96 bits per heavy atom. The number of hydrogen-bond acceptors (Lipinski definition) is 4. The van der Waals surface area contributed by atoms with Crippen LogP contribution in [0.4, 0.5) is 0 Å². The first kappa shape index (κ1) is 16.1. The van der Waals surface area contributed by atoms with Gasteiger partial charge in [-0.3, -0.25) is 9.69 Å². The summed E-state index contributed by atoms with van der Waals surface area (Å²) >= 11 is 1.67. The third-order valence-electron chi connectivity index (χ3n) is 4.15. The van der Waals surface area contributed by atoms with Crippen molar-refractivity contribution in [1.29, 1.82) is 0 Å². The lowest BCUT2D eigenvalue weighted by Gasteiger charge is -2.23. The first-order chi connectivity index (χ1) is 11.0. The summed E-state index contributed by atoms with van der Waals surface area (Å²) in [5, 5.41) is 3.05. The number of furan rings is 1. The Kier molecular flexibility index (Phi) is 4.78. The van der Waals surface area contributed by atoms with Crippen LogP contribution in [0.2, 0.25) is 0 Å². The number of rotatable bonds is 5. The second-order valence-corrected chi connectivity index (χ2v) is 7.41. The topological polar surface area (TPSA) is 45.5 Å². The molecule has 0 saturated heterocycles. The minimum Gasteiger partial charge on any atom is -0.468 e. The van der Waals surface area contributed by atoms with Crippen molar-refractivity contribution < 1.29 is 9.21 Å². The summed E-state index contributed by atoms with van der Waals surface area (Å²) in [6.45, 7) is 2.63. The summed E-state index contributed by atoms with van der Waals surface area (Å²) in [6, 6.07) is 10.3. The number of aryl methyl sites for hydroxylation is 1. The smallest absolute Gasteiger partial charge is 0.233 e. The first-order valence-corrected chi connectivity index (χ1v) is 8.66. The highest BCUT2D eigenvalue weighted by molar-refractivity contribution is 8.01. The lowest BCUT2D eigenvalue weighted by atomic mass is 10.1. The molecule has 0 saturated carbocycles. The number of thioether (sulfide) groups is 1. The fraction of sp³-hybridized carbons (Fsp3) is 0.389. The molecule has 3 rings (SSSR count). The number of nitrogens with one attached hydrogen (secondary N) is 1. The standard InChI is InChI=1S/C18H22N2O2S/c1-12-6-7-13-10-17(23-16(13)9-12)18(21)19-11-14(20(2)3)15-5-4-8-22-15/h4-9,14,17H,10-11H2,1-3H3,(H,19,21)/t14-,17+/m1/s1. The Bertz CT molecular complexity index is 682. The summed E-state index contributed by atoms with van der Waals surface area (Å²) in [4.78, 5) is 15.8. The van der Waals surface area contributed by atoms with Gasteiger partial charge in [0.25, 0.3) is 0 Å². The third kappa shape index (κ3) is 3.62. The van der Waals surface area contributed by atoms with E-state index < -0.39 is 0 Å². The summed E-state index contributed by atoms with van der Waals surface area (Å²) in [7, 11) is 3.98. The first-order valence-electron chi connectivity index (χ1n) is 7.78. The van der Waals surface area contributed by atoms with Crippen LogP contribution >= 0.6 is 11.8 Å². The molecule has 0 spiro atoms. The predicted molar refractivity (Wildman–Crippen MR) is 92.7 cm³/mol. The van der Waals surface area contributed by atoms with Gasteiger partial charge in [0.2, 0.25) is 5.91 Å². The van der Waals surface area contributed by atoms with Crippen LogP contribution in [-0.2, 0) is 11.2 Å². The minimum absolute atomic E-state index is 0.0359. The summed E-state index contributed by atoms with van der Waals surface area (Å²) in [5.41, 5.74) is 2.51. The van der Waals surface area contributed by atoms with E-state index in [4.69, 9.17) is 4.42 Å². The molecule has 5 heteroatoms. The number of carbonyl (C=O) groups is 1. The van der Waals surface area contributed by atoms with E-state index in [-0.39, 0.29) is 17.2 Å². The van der Waals surface area contributed by atoms with E-state index >= 15 is 0 Å². The molecular formula is C18H22N2O2S. The number of amides is 1. The van der Waals surface area contributed by atoms with Gasteiger partial charge in [0, 0.05) is 11.4 Å². The Hall–Kier alpha value is -1.72. The maximum Gasteiger partial charge on any atom is 0.233 e. The van der Waals surface area contributed by atoms with Gasteiger partial charge in [0.15, 0.2) is 0 Å². The van der Waals surface area contributed by atoms with Crippen molar-refractivity contribution in [3.05, 3.63) is 53.5 Å². The predicted octanol–water partition coefficient (Wildman–Crippen LogP) is 3.02. The van der Waals surface area contributed by atoms with Gasteiger partial charge in [0.05, 0.1) is 17.6 Å². The quantitative estimate of drug-likeness (QED) is 0.915. The molecule has 2 aromatic rings. The van der Waals surface area contributed by atoms with Gasteiger partial charge >= 0.3 is 0 Å². The molecule has 0 fully saturated rings. The number of hydrogen-bond donors (Lipinski definition) is 1. The molecule has 1 aliphatic heterocycles. The molecule has 23 heavy (non-hydrogen) atoms. The van der Waals surface area contributed by atoms with Crippen LogP contribution < -0.4 is 5.32 Å². The van der Waals surface area contributed by atoms with Crippen molar-refractivity contribution in [2.75, 3.05) is 20.6 Å². The van der Waals surface area contributed by atoms with E-state index in [2.05, 4.69) is 35.3 Å². The number of carbonyl (C=O) groups excluding carboxylic acids is 1. The maximum atomic E-state index is 12.5. The molecule has 122 valence electrons. The van der Waals surface area contributed by atoms with Crippen molar-refractivity contribution in [3.63, 3.8) is 0 Å². The highest BCUT2D eigenvalue weighted by Crippen LogP contribution is 2.37. The molecule has 1 aliphatic rings. The van der Waals surface area contributed by atoms with Crippen molar-refractivity contribution in [1.82, 2.24) is 10.2 Å². The molecule has 0 bridgehead atoms. The molecule has 0 aliphatic carbocycles. The summed E-state index contributed by atoms with van der Waals surface area (Å²) in [5.74, 6) is 0.968. The molecule has 4 nitrogen and oxygen atoms in total. The zero-order chi connectivity index (χ0) is 16.4. The van der Waals surface area contributed by atoms with Crippen LogP contribution in [-0.4, -0.2) is 36.7 Å². The number of nitrogens with zero attached hydrogens (tertiary/aromatic N) is 1. The average molecular weight is 330 g/mol. The van der Waals surface area contributed by atoms with E-state index in [9.17, 15) is 4.79 Å². The molecule has 2 heterocycles. The largest absolute Gasteiger partial charge is 0.468 e. The van der Waals surface area contributed by atoms with Gasteiger partial charge in [0.1, 0.15) is 5.76 Å². The van der Waals surface area contributed by atoms with Crippen LogP contribution in [0.1, 0.15) is 22.9 Å². The molecule has 1 aromatic heterocycles. The molecule has 1 N–H and O–H groups in total. The molecule has 2 atom stereocenters. The van der Waals surface area contributed by atoms with E-state index in [0.29, 0.717) is 6.54 Å². The zero-order valence-corrected chi connectivity index (χ0v) is 14.5. The van der Waals surface area contributed by atoms with E-state index in [1.807, 2.05) is 26.2 Å². The van der Waals surface area contributed by atoms with E-state index in [1.165, 1.54) is 16.0 Å². The number of fused-ring (bicyclic) bond motifs is 1. The Balaban J connectivity index is 1.60. The highest BCUT2D eigenvalue weighted by Gasteiger charge is 2.29. The Morgan fingerprint density at radius 2 is 2.26 bits per heavy atom. The normalized spacial score (nSPS) is 18.0. The lowest BCUT2D eigenvalue weighted by Crippen LogP contribution is -2.38. The Morgan fingerprint density at radius 1 is 1.43 bits per heavy atom. The lowest BCUT2D eigenvalue weighted by molar-refractivity contribution is -0.120. The van der Waals surface area contributed by atoms with E-state index in [0.717, 1.165) is 12.2 Å². The van der Waals surface area contributed by atoms with Gasteiger partial charge in [-0.15, -0.1) is 11.8 Å². The van der Waals surface area contributed by atoms with Crippen LogP contribution in [0.3, 0.4) is 0 Å². The SMILES string of the molecule is Cc1ccc2c(c1)S[C@H](C(=O)NC[C@H](c1ccco1)N(C)C)C2. The summed E-state index contributed by atoms with van der Waals surface area (Å²) in [6.07, 6.45) is 2.47. The zero-order valence-electron chi connectivity index (χ0n) is 13.7. The molecule has 1 amide bonds. The second-order valence-electron chi connectivity index (χ2n) is 6.16. The molecule has 1 aromatic carbocycles. The van der Waals surface area contributed by atoms with Crippen LogP contribution in [0, 0.1) is 6.92 Å². The minimum atomic E-state index is -0.0359. The van der Waals surface area contributed by atoms with Crippen molar-refractivity contribution in [2.45, 2.75) is 29.5 Å². The van der Waals surface area contributed by atoms with E-state index in [1.54, 1.807) is 18.0 Å². The van der Waals surface area contributed by atoms with Gasteiger partial charge in [-0.1, -0.05) is 17.7 Å². The molecule has 0 unspecified atom stereocenters. The number of likely N-dealkylation sites (N-methyl/N-ethyl adjacent to an activating group) is 1. The van der Waals surface area contributed by atoms with Gasteiger partial charge in [-0.2, -0.15) is 0 Å². The average Bonchev–Trinajstić information content (AvgIpc) is 3.15. The molecular weight excluding hydrogens is 308 g/mol. The van der Waals surface area contributed by atoms with Crippen LogP contribution in [0.25, 0.3) is 0 Å². The second kappa shape index (κ2) is 6.81. The highest BCUT2D eigenvalue weighted by atomic mass is 32.2. The van der Waals surface area contributed by atoms with Crippen molar-refractivity contribution >= 4 is 17.7 Å². The fourth-order valence-electron chi connectivity index (χ4n) is 2.81. The van der Waals surface area contributed by atoms with Crippen LogP contribution in [0.5, 0.6) is 0 Å². The summed E-state index contributed by atoms with van der Waals surface area (Å²) < 4.78 is 5.48. The van der Waals surface area contributed by atoms with Gasteiger partial charge in [-0.05, 0) is 51.2 Å². The molecule has 0 radical (unpaired) electrons.